The quantitative estimate of drug-likeness (QED) is 0.213. The molecule has 0 bridgehead atoms. The van der Waals surface area contributed by atoms with Crippen LogP contribution in [0.25, 0.3) is 0 Å². The number of esters is 1. The van der Waals surface area contributed by atoms with Crippen LogP contribution in [0.5, 0.6) is 5.75 Å². The second-order valence-electron chi connectivity index (χ2n) is 7.95. The van der Waals surface area contributed by atoms with Gasteiger partial charge in [-0.2, -0.15) is 0 Å². The Kier molecular flexibility index (Phi) is 7.24. The minimum Gasteiger partial charge on any atom is -0.486 e. The summed E-state index contributed by atoms with van der Waals surface area (Å²) in [4.78, 5) is 35.3. The van der Waals surface area contributed by atoms with Gasteiger partial charge < -0.3 is 9.47 Å². The Balaban J connectivity index is 1.72. The van der Waals surface area contributed by atoms with Crippen LogP contribution in [0.3, 0.4) is 0 Å². The number of nitro benzene ring substituents is 1. The zero-order chi connectivity index (χ0) is 23.6. The van der Waals surface area contributed by atoms with Crippen molar-refractivity contribution in [2.24, 2.45) is 5.92 Å². The van der Waals surface area contributed by atoms with Gasteiger partial charge in [-0.15, -0.1) is 0 Å². The first-order valence-electron chi connectivity index (χ1n) is 9.74. The van der Waals surface area contributed by atoms with Crippen LogP contribution < -0.4 is 4.74 Å². The number of benzene rings is 2. The monoisotopic (exact) mass is 525 g/mol. The first-order valence-corrected chi connectivity index (χ1v) is 11.6. The van der Waals surface area contributed by atoms with Gasteiger partial charge in [0.25, 0.3) is 5.69 Å². The predicted molar refractivity (Wildman–Crippen MR) is 122 cm³/mol. The van der Waals surface area contributed by atoms with Gasteiger partial charge in [-0.3, -0.25) is 19.7 Å². The Labute approximate surface area is 196 Å². The fourth-order valence-corrected chi connectivity index (χ4v) is 4.46. The van der Waals surface area contributed by atoms with Crippen molar-refractivity contribution in [2.45, 2.75) is 37.3 Å². The molecule has 0 saturated heterocycles. The molecule has 0 saturated carbocycles. The van der Waals surface area contributed by atoms with E-state index in [0.29, 0.717) is 16.9 Å². The molecule has 7 nitrogen and oxygen atoms in total. The Morgan fingerprint density at radius 3 is 2.56 bits per heavy atom. The van der Waals surface area contributed by atoms with Gasteiger partial charge in [0.1, 0.15) is 23.3 Å². The molecule has 170 valence electrons. The number of rotatable bonds is 6. The third kappa shape index (κ3) is 5.29. The van der Waals surface area contributed by atoms with Crippen molar-refractivity contribution in [1.82, 2.24) is 0 Å². The molecule has 3 rings (SSSR count). The summed E-state index contributed by atoms with van der Waals surface area (Å²) in [7, 11) is 0. The number of ether oxygens (including phenoxy) is 2. The number of thioether (sulfide) groups is 1. The summed E-state index contributed by atoms with van der Waals surface area (Å²) in [5, 5.41) is 10.9. The maximum atomic E-state index is 13.0. The maximum Gasteiger partial charge on any atom is 0.310 e. The van der Waals surface area contributed by atoms with Crippen molar-refractivity contribution in [3.63, 3.8) is 0 Å². The lowest BCUT2D eigenvalue weighted by Crippen LogP contribution is -2.46. The first-order chi connectivity index (χ1) is 15.0. The van der Waals surface area contributed by atoms with Gasteiger partial charge in [-0.25, -0.2) is 4.39 Å². The molecule has 1 aliphatic heterocycles. The fraction of sp³-hybridized carbons (Fsp3) is 0.364. The smallest absolute Gasteiger partial charge is 0.310 e. The topological polar surface area (TPSA) is 95.7 Å². The number of hydrogen-bond donors (Lipinski definition) is 0. The first kappa shape index (κ1) is 24.2. The normalized spacial score (nSPS) is 19.9. The molecule has 1 aliphatic rings. The lowest BCUT2D eigenvalue weighted by molar-refractivity contribution is -0.385. The predicted octanol–water partition coefficient (Wildman–Crippen LogP) is 5.46. The fourth-order valence-electron chi connectivity index (χ4n) is 3.13. The third-order valence-electron chi connectivity index (χ3n) is 5.00. The average molecular weight is 526 g/mol. The van der Waals surface area contributed by atoms with E-state index < -0.39 is 39.2 Å². The Bertz CT molecular complexity index is 1050. The van der Waals surface area contributed by atoms with E-state index in [-0.39, 0.29) is 16.6 Å². The molecule has 0 N–H and O–H groups in total. The molecule has 2 aromatic carbocycles. The van der Waals surface area contributed by atoms with Gasteiger partial charge in [-0.05, 0) is 44.2 Å². The van der Waals surface area contributed by atoms with Crippen LogP contribution in [0.4, 0.5) is 10.1 Å². The lowest BCUT2D eigenvalue weighted by Gasteiger charge is -2.41. The summed E-state index contributed by atoms with van der Waals surface area (Å²) in [5.41, 5.74) is -0.146. The van der Waals surface area contributed by atoms with Crippen molar-refractivity contribution >= 4 is 44.5 Å². The molecule has 0 amide bonds. The van der Waals surface area contributed by atoms with Crippen LogP contribution in [0.2, 0.25) is 0 Å². The molecule has 3 atom stereocenters. The third-order valence-corrected chi connectivity index (χ3v) is 7.75. The van der Waals surface area contributed by atoms with Gasteiger partial charge in [0, 0.05) is 29.0 Å². The van der Waals surface area contributed by atoms with Crippen LogP contribution >= 0.6 is 27.7 Å². The molecular weight excluding hydrogens is 505 g/mol. The maximum absolute atomic E-state index is 13.0. The van der Waals surface area contributed by atoms with Gasteiger partial charge in [-0.1, -0.05) is 34.6 Å². The van der Waals surface area contributed by atoms with Gasteiger partial charge >= 0.3 is 5.97 Å². The van der Waals surface area contributed by atoms with E-state index in [1.165, 1.54) is 42.5 Å². The zero-order valence-corrected chi connectivity index (χ0v) is 19.9. The van der Waals surface area contributed by atoms with Crippen molar-refractivity contribution < 1.29 is 28.4 Å². The van der Waals surface area contributed by atoms with Crippen molar-refractivity contribution in [3.05, 3.63) is 69.5 Å². The molecule has 0 radical (unpaired) electrons. The average Bonchev–Trinajstić information content (AvgIpc) is 2.74. The minimum absolute atomic E-state index is 0.138. The zero-order valence-electron chi connectivity index (χ0n) is 17.5. The van der Waals surface area contributed by atoms with Gasteiger partial charge in [0.2, 0.25) is 5.12 Å². The van der Waals surface area contributed by atoms with Crippen molar-refractivity contribution in [1.29, 1.82) is 0 Å². The summed E-state index contributed by atoms with van der Waals surface area (Å²) >= 11 is 4.46. The second-order valence-corrected chi connectivity index (χ2v) is 9.93. The summed E-state index contributed by atoms with van der Waals surface area (Å²) < 4.78 is 24.7. The van der Waals surface area contributed by atoms with Crippen LogP contribution in [0.15, 0.2) is 42.5 Å². The largest absolute Gasteiger partial charge is 0.486 e. The summed E-state index contributed by atoms with van der Waals surface area (Å²) in [5.74, 6) is -1.04. The van der Waals surface area contributed by atoms with Crippen LogP contribution in [0, 0.1) is 21.8 Å². The van der Waals surface area contributed by atoms with Crippen LogP contribution in [-0.2, 0) is 9.53 Å². The summed E-state index contributed by atoms with van der Waals surface area (Å²) in [6.07, 6.45) is -0.818. The standard InChI is InChI=1S/C22H21BrFNO6S/c1-12(11-32-21(27)13-4-6-14(24)7-5-13)20(26)30-18-16-10-15(25(28)29)8-9-17(16)31-22(2,3)19(18)23/h4-10,12,18-19H,11H2,1-3H3/t12-,18+,19-/m1/s1. The number of carbonyl (C=O) groups excluding carboxylic acids is 2. The number of nitro groups is 1. The number of nitrogens with zero attached hydrogens (tertiary/aromatic N) is 1. The van der Waals surface area contributed by atoms with E-state index in [0.717, 1.165) is 11.8 Å². The molecule has 0 unspecified atom stereocenters. The summed E-state index contributed by atoms with van der Waals surface area (Å²) in [6, 6.07) is 9.34. The minimum atomic E-state index is -0.818. The van der Waals surface area contributed by atoms with E-state index in [1.807, 2.05) is 13.8 Å². The number of hydrogen-bond acceptors (Lipinski definition) is 7. The molecule has 1 heterocycles. The molecule has 0 aliphatic carbocycles. The molecule has 10 heteroatoms. The molecular formula is C22H21BrFNO6S. The molecule has 2 aromatic rings. The van der Waals surface area contributed by atoms with E-state index in [1.54, 1.807) is 6.92 Å². The highest BCUT2D eigenvalue weighted by Gasteiger charge is 2.45. The molecule has 0 aromatic heterocycles. The van der Waals surface area contributed by atoms with Crippen LogP contribution in [-0.4, -0.2) is 32.2 Å². The summed E-state index contributed by atoms with van der Waals surface area (Å²) in [6.45, 7) is 5.27. The number of halogens is 2. The highest BCUT2D eigenvalue weighted by atomic mass is 79.9. The second kappa shape index (κ2) is 9.58. The Hall–Kier alpha value is -2.46. The number of non-ortho nitro benzene ring substituents is 1. The van der Waals surface area contributed by atoms with Crippen molar-refractivity contribution in [2.75, 3.05) is 5.75 Å². The molecule has 0 fully saturated rings. The van der Waals surface area contributed by atoms with Gasteiger partial charge in [0.15, 0.2) is 0 Å². The van der Waals surface area contributed by atoms with Gasteiger partial charge in [0.05, 0.1) is 15.7 Å². The SMILES string of the molecule is C[C@H](CSC(=O)c1ccc(F)cc1)C(=O)O[C@H]1c2cc([N+](=O)[O-])ccc2OC(C)(C)[C@@H]1Br. The molecule has 0 spiro atoms. The van der Waals surface area contributed by atoms with E-state index >= 15 is 0 Å². The van der Waals surface area contributed by atoms with E-state index in [9.17, 15) is 24.1 Å². The molecule has 32 heavy (non-hydrogen) atoms. The van der Waals surface area contributed by atoms with E-state index in [4.69, 9.17) is 9.47 Å². The highest BCUT2D eigenvalue weighted by molar-refractivity contribution is 9.09. The van der Waals surface area contributed by atoms with E-state index in [2.05, 4.69) is 15.9 Å². The lowest BCUT2D eigenvalue weighted by atomic mass is 9.91. The Morgan fingerprint density at radius 2 is 1.94 bits per heavy atom. The Morgan fingerprint density at radius 1 is 1.28 bits per heavy atom. The van der Waals surface area contributed by atoms with Crippen LogP contribution in [0.1, 0.15) is 42.8 Å². The highest BCUT2D eigenvalue weighted by Crippen LogP contribution is 2.46. The number of alkyl halides is 1. The number of fused-ring (bicyclic) bond motifs is 1. The van der Waals surface area contributed by atoms with Crippen molar-refractivity contribution in [3.8, 4) is 5.75 Å². The number of carbonyl (C=O) groups is 2.